The third kappa shape index (κ3) is 3.59. The van der Waals surface area contributed by atoms with Crippen LogP contribution in [0.1, 0.15) is 50.6 Å². The highest BCUT2D eigenvalue weighted by atomic mass is 16.3. The van der Waals surface area contributed by atoms with Crippen molar-refractivity contribution in [3.05, 3.63) is 23.8 Å². The predicted octanol–water partition coefficient (Wildman–Crippen LogP) is 2.64. The van der Waals surface area contributed by atoms with Crippen molar-refractivity contribution in [1.29, 1.82) is 0 Å². The molecule has 1 unspecified atom stereocenters. The van der Waals surface area contributed by atoms with Gasteiger partial charge in [-0.1, -0.05) is 26.7 Å². The van der Waals surface area contributed by atoms with Crippen molar-refractivity contribution in [3.63, 3.8) is 0 Å². The summed E-state index contributed by atoms with van der Waals surface area (Å²) < 4.78 is 0. The second-order valence-corrected chi connectivity index (χ2v) is 4.05. The molecule has 84 valence electrons. The van der Waals surface area contributed by atoms with Crippen LogP contribution in [-0.2, 0) is 0 Å². The second kappa shape index (κ2) is 5.81. The first kappa shape index (κ1) is 12.1. The molecule has 0 fully saturated rings. The van der Waals surface area contributed by atoms with E-state index in [1.165, 1.54) is 0 Å². The van der Waals surface area contributed by atoms with Crippen molar-refractivity contribution in [3.8, 4) is 0 Å². The normalized spacial score (nSPS) is 13.1. The van der Waals surface area contributed by atoms with E-state index in [4.69, 9.17) is 0 Å². The van der Waals surface area contributed by atoms with Crippen LogP contribution in [-0.4, -0.2) is 15.1 Å². The zero-order valence-electron chi connectivity index (χ0n) is 9.77. The lowest BCUT2D eigenvalue weighted by molar-refractivity contribution is 0.132. The van der Waals surface area contributed by atoms with Gasteiger partial charge in [0.05, 0.1) is 0 Å². The van der Waals surface area contributed by atoms with Gasteiger partial charge >= 0.3 is 0 Å². The fourth-order valence-electron chi connectivity index (χ4n) is 1.62. The molecule has 1 atom stereocenters. The third-order valence-corrected chi connectivity index (χ3v) is 2.81. The summed E-state index contributed by atoms with van der Waals surface area (Å²) in [6.07, 6.45) is 5.93. The molecule has 1 aromatic heterocycles. The molecule has 0 radical (unpaired) electrons. The maximum Gasteiger partial charge on any atom is 0.156 e. The summed E-state index contributed by atoms with van der Waals surface area (Å²) in [4.78, 5) is 8.28. The van der Waals surface area contributed by atoms with Crippen molar-refractivity contribution in [2.75, 3.05) is 0 Å². The molecule has 1 heterocycles. The van der Waals surface area contributed by atoms with Crippen LogP contribution in [0.3, 0.4) is 0 Å². The fraction of sp³-hybridized carbons (Fsp3) is 0.667. The van der Waals surface area contributed by atoms with Crippen molar-refractivity contribution in [2.45, 2.75) is 46.1 Å². The Bertz CT molecular complexity index is 280. The summed E-state index contributed by atoms with van der Waals surface area (Å²) in [5.74, 6) is 1.11. The van der Waals surface area contributed by atoms with Crippen LogP contribution in [0.4, 0.5) is 0 Å². The minimum Gasteiger partial charge on any atom is -0.385 e. The topological polar surface area (TPSA) is 46.0 Å². The van der Waals surface area contributed by atoms with Crippen LogP contribution >= 0.6 is 0 Å². The summed E-state index contributed by atoms with van der Waals surface area (Å²) in [5.41, 5.74) is 1.02. The standard InChI is InChI=1S/C12H20N2O/c1-4-10(5-2)6-11(15)12-13-7-9(3)8-14-12/h7-8,10-11,15H,4-6H2,1-3H3. The van der Waals surface area contributed by atoms with Crippen LogP contribution in [0.2, 0.25) is 0 Å². The number of rotatable bonds is 5. The average molecular weight is 208 g/mol. The molecular weight excluding hydrogens is 188 g/mol. The zero-order valence-corrected chi connectivity index (χ0v) is 9.77. The van der Waals surface area contributed by atoms with Gasteiger partial charge in [-0.25, -0.2) is 9.97 Å². The van der Waals surface area contributed by atoms with E-state index in [1.807, 2.05) is 6.92 Å². The van der Waals surface area contributed by atoms with Crippen molar-refractivity contribution in [1.82, 2.24) is 9.97 Å². The van der Waals surface area contributed by atoms with Crippen LogP contribution in [0.25, 0.3) is 0 Å². The van der Waals surface area contributed by atoms with Crippen molar-refractivity contribution < 1.29 is 5.11 Å². The van der Waals surface area contributed by atoms with Crippen molar-refractivity contribution >= 4 is 0 Å². The molecule has 0 aliphatic rings. The van der Waals surface area contributed by atoms with E-state index in [-0.39, 0.29) is 0 Å². The van der Waals surface area contributed by atoms with Crippen LogP contribution in [0, 0.1) is 12.8 Å². The molecule has 0 bridgehead atoms. The Morgan fingerprint density at radius 1 is 1.20 bits per heavy atom. The first-order valence-corrected chi connectivity index (χ1v) is 5.64. The average Bonchev–Trinajstić information content (AvgIpc) is 2.26. The molecule has 1 N–H and O–H groups in total. The molecule has 3 nitrogen and oxygen atoms in total. The number of aliphatic hydroxyl groups excluding tert-OH is 1. The Labute approximate surface area is 91.6 Å². The molecule has 1 aromatic rings. The Morgan fingerprint density at radius 2 is 1.73 bits per heavy atom. The molecule has 0 saturated carbocycles. The lowest BCUT2D eigenvalue weighted by Gasteiger charge is -2.16. The molecule has 3 heteroatoms. The largest absolute Gasteiger partial charge is 0.385 e. The van der Waals surface area contributed by atoms with Gasteiger partial charge in [0.25, 0.3) is 0 Å². The van der Waals surface area contributed by atoms with Gasteiger partial charge in [-0.3, -0.25) is 0 Å². The lowest BCUT2D eigenvalue weighted by atomic mass is 9.96. The molecule has 1 rings (SSSR count). The van der Waals surface area contributed by atoms with E-state index in [1.54, 1.807) is 12.4 Å². The van der Waals surface area contributed by atoms with E-state index in [9.17, 15) is 5.11 Å². The lowest BCUT2D eigenvalue weighted by Crippen LogP contribution is -2.09. The smallest absolute Gasteiger partial charge is 0.156 e. The van der Waals surface area contributed by atoms with E-state index >= 15 is 0 Å². The summed E-state index contributed by atoms with van der Waals surface area (Å²) in [7, 11) is 0. The van der Waals surface area contributed by atoms with Gasteiger partial charge in [0.15, 0.2) is 5.82 Å². The summed E-state index contributed by atoms with van der Waals surface area (Å²) in [6.45, 7) is 6.24. The first-order chi connectivity index (χ1) is 7.17. The predicted molar refractivity (Wildman–Crippen MR) is 60.4 cm³/mol. The Morgan fingerprint density at radius 3 is 2.20 bits per heavy atom. The minimum atomic E-state index is -0.518. The fourth-order valence-corrected chi connectivity index (χ4v) is 1.62. The quantitative estimate of drug-likeness (QED) is 0.809. The van der Waals surface area contributed by atoms with Crippen LogP contribution in [0.5, 0.6) is 0 Å². The van der Waals surface area contributed by atoms with Crippen LogP contribution < -0.4 is 0 Å². The van der Waals surface area contributed by atoms with Crippen molar-refractivity contribution in [2.24, 2.45) is 5.92 Å². The van der Waals surface area contributed by atoms with E-state index in [0.717, 1.165) is 24.8 Å². The number of hydrogen-bond donors (Lipinski definition) is 1. The van der Waals surface area contributed by atoms with Crippen LogP contribution in [0.15, 0.2) is 12.4 Å². The minimum absolute atomic E-state index is 0.518. The van der Waals surface area contributed by atoms with Gasteiger partial charge in [0.1, 0.15) is 6.10 Å². The zero-order chi connectivity index (χ0) is 11.3. The number of aromatic nitrogens is 2. The third-order valence-electron chi connectivity index (χ3n) is 2.81. The molecule has 0 aliphatic carbocycles. The molecule has 0 saturated heterocycles. The SMILES string of the molecule is CCC(CC)CC(O)c1ncc(C)cn1. The molecule has 0 aliphatic heterocycles. The maximum absolute atomic E-state index is 9.92. The first-order valence-electron chi connectivity index (χ1n) is 5.64. The number of nitrogens with zero attached hydrogens (tertiary/aromatic N) is 2. The molecule has 0 amide bonds. The maximum atomic E-state index is 9.92. The monoisotopic (exact) mass is 208 g/mol. The van der Waals surface area contributed by atoms with Gasteiger partial charge in [0.2, 0.25) is 0 Å². The van der Waals surface area contributed by atoms with Gasteiger partial charge in [-0.05, 0) is 24.8 Å². The van der Waals surface area contributed by atoms with Gasteiger partial charge < -0.3 is 5.11 Å². The summed E-state index contributed by atoms with van der Waals surface area (Å²) in [5, 5.41) is 9.92. The van der Waals surface area contributed by atoms with E-state index in [2.05, 4.69) is 23.8 Å². The molecule has 0 spiro atoms. The molecule has 0 aromatic carbocycles. The summed E-state index contributed by atoms with van der Waals surface area (Å²) in [6, 6.07) is 0. The Hall–Kier alpha value is -0.960. The van der Waals surface area contributed by atoms with Gasteiger partial charge in [-0.15, -0.1) is 0 Å². The highest BCUT2D eigenvalue weighted by Crippen LogP contribution is 2.22. The van der Waals surface area contributed by atoms with Gasteiger partial charge in [0, 0.05) is 12.4 Å². The Balaban J connectivity index is 2.60. The Kier molecular flexibility index (Phi) is 4.69. The van der Waals surface area contributed by atoms with E-state index in [0.29, 0.717) is 11.7 Å². The highest BCUT2D eigenvalue weighted by molar-refractivity contribution is 5.03. The number of aliphatic hydroxyl groups is 1. The second-order valence-electron chi connectivity index (χ2n) is 4.05. The molecular formula is C12H20N2O. The van der Waals surface area contributed by atoms with Gasteiger partial charge in [-0.2, -0.15) is 0 Å². The summed E-state index contributed by atoms with van der Waals surface area (Å²) >= 11 is 0. The highest BCUT2D eigenvalue weighted by Gasteiger charge is 2.15. The molecule has 15 heavy (non-hydrogen) atoms. The number of aryl methyl sites for hydroxylation is 1. The van der Waals surface area contributed by atoms with E-state index < -0.39 is 6.10 Å². The number of hydrogen-bond acceptors (Lipinski definition) is 3.